The average Bonchev–Trinajstić information content (AvgIpc) is 2.81. The standard InChI is InChI=1S/C18H17NO/c1-13-7-8-17-15(11-13)9-10-19(17)12-18(20)16-6-4-3-5-14(16)2/h3-11H,12H2,1-2H3. The second-order valence-electron chi connectivity index (χ2n) is 5.24. The van der Waals surface area contributed by atoms with Gasteiger partial charge in [-0.15, -0.1) is 0 Å². The summed E-state index contributed by atoms with van der Waals surface area (Å²) in [5.41, 5.74) is 4.18. The summed E-state index contributed by atoms with van der Waals surface area (Å²) < 4.78 is 2.02. The minimum absolute atomic E-state index is 0.154. The number of carbonyl (C=O) groups is 1. The van der Waals surface area contributed by atoms with Crippen LogP contribution in [-0.2, 0) is 6.54 Å². The number of nitrogens with zero attached hydrogens (tertiary/aromatic N) is 1. The highest BCUT2D eigenvalue weighted by molar-refractivity contribution is 5.98. The van der Waals surface area contributed by atoms with Crippen LogP contribution in [0.2, 0.25) is 0 Å². The molecule has 0 amide bonds. The SMILES string of the molecule is Cc1ccc2c(ccn2CC(=O)c2ccccc2C)c1. The predicted molar refractivity (Wildman–Crippen MR) is 82.2 cm³/mol. The average molecular weight is 263 g/mol. The van der Waals surface area contributed by atoms with Crippen LogP contribution in [-0.4, -0.2) is 10.4 Å². The van der Waals surface area contributed by atoms with E-state index in [2.05, 4.69) is 31.2 Å². The summed E-state index contributed by atoms with van der Waals surface area (Å²) in [5.74, 6) is 0.154. The molecule has 0 radical (unpaired) electrons. The summed E-state index contributed by atoms with van der Waals surface area (Å²) in [5, 5.41) is 1.18. The predicted octanol–water partition coefficient (Wildman–Crippen LogP) is 4.14. The Morgan fingerprint density at radius 3 is 2.65 bits per heavy atom. The topological polar surface area (TPSA) is 22.0 Å². The summed E-state index contributed by atoms with van der Waals surface area (Å²) >= 11 is 0. The molecule has 0 aliphatic heterocycles. The molecule has 0 aliphatic carbocycles. The molecule has 0 spiro atoms. The third kappa shape index (κ3) is 2.25. The Hall–Kier alpha value is -2.35. The van der Waals surface area contributed by atoms with E-state index in [1.165, 1.54) is 10.9 Å². The number of hydrogen-bond donors (Lipinski definition) is 0. The lowest BCUT2D eigenvalue weighted by molar-refractivity contribution is 0.0973. The molecule has 0 saturated carbocycles. The molecule has 20 heavy (non-hydrogen) atoms. The maximum Gasteiger partial charge on any atom is 0.182 e. The zero-order valence-electron chi connectivity index (χ0n) is 11.8. The van der Waals surface area contributed by atoms with Crippen LogP contribution in [0.5, 0.6) is 0 Å². The maximum absolute atomic E-state index is 12.4. The number of rotatable bonds is 3. The van der Waals surface area contributed by atoms with Gasteiger partial charge in [-0.25, -0.2) is 0 Å². The Morgan fingerprint density at radius 1 is 1.05 bits per heavy atom. The molecular formula is C18H17NO. The highest BCUT2D eigenvalue weighted by atomic mass is 16.1. The van der Waals surface area contributed by atoms with Crippen LogP contribution < -0.4 is 0 Å². The van der Waals surface area contributed by atoms with Crippen molar-refractivity contribution in [2.45, 2.75) is 20.4 Å². The molecule has 0 N–H and O–H groups in total. The van der Waals surface area contributed by atoms with Gasteiger partial charge in [0.1, 0.15) is 0 Å². The fraction of sp³-hybridized carbons (Fsp3) is 0.167. The maximum atomic E-state index is 12.4. The van der Waals surface area contributed by atoms with E-state index in [0.717, 1.165) is 16.6 Å². The molecule has 2 heteroatoms. The van der Waals surface area contributed by atoms with E-state index in [0.29, 0.717) is 6.54 Å². The summed E-state index contributed by atoms with van der Waals surface area (Å²) in [4.78, 5) is 12.4. The van der Waals surface area contributed by atoms with E-state index in [-0.39, 0.29) is 5.78 Å². The number of Topliss-reactive ketones (excluding diaryl/α,β-unsaturated/α-hetero) is 1. The van der Waals surface area contributed by atoms with Crippen LogP contribution in [0.4, 0.5) is 0 Å². The van der Waals surface area contributed by atoms with Crippen molar-refractivity contribution >= 4 is 16.7 Å². The van der Waals surface area contributed by atoms with Crippen LogP contribution in [0.3, 0.4) is 0 Å². The Labute approximate surface area is 118 Å². The van der Waals surface area contributed by atoms with E-state index in [4.69, 9.17) is 0 Å². The van der Waals surface area contributed by atoms with Crippen molar-refractivity contribution in [1.29, 1.82) is 0 Å². The number of carbonyl (C=O) groups excluding carboxylic acids is 1. The van der Waals surface area contributed by atoms with Gasteiger partial charge in [0.05, 0.1) is 6.54 Å². The number of fused-ring (bicyclic) bond motifs is 1. The normalized spacial score (nSPS) is 10.9. The highest BCUT2D eigenvalue weighted by Gasteiger charge is 2.10. The number of hydrogen-bond acceptors (Lipinski definition) is 1. The first-order chi connectivity index (χ1) is 9.65. The second kappa shape index (κ2) is 4.97. The van der Waals surface area contributed by atoms with Crippen LogP contribution >= 0.6 is 0 Å². The Kier molecular flexibility index (Phi) is 3.15. The fourth-order valence-electron chi connectivity index (χ4n) is 2.58. The first-order valence-electron chi connectivity index (χ1n) is 6.79. The minimum Gasteiger partial charge on any atom is -0.340 e. The molecule has 0 atom stereocenters. The van der Waals surface area contributed by atoms with Gasteiger partial charge in [-0.05, 0) is 43.0 Å². The number of benzene rings is 2. The smallest absolute Gasteiger partial charge is 0.182 e. The molecule has 0 fully saturated rings. The lowest BCUT2D eigenvalue weighted by atomic mass is 10.0. The van der Waals surface area contributed by atoms with Gasteiger partial charge in [0.15, 0.2) is 5.78 Å². The van der Waals surface area contributed by atoms with Gasteiger partial charge >= 0.3 is 0 Å². The highest BCUT2D eigenvalue weighted by Crippen LogP contribution is 2.18. The van der Waals surface area contributed by atoms with E-state index in [1.807, 2.05) is 42.0 Å². The van der Waals surface area contributed by atoms with E-state index >= 15 is 0 Å². The summed E-state index contributed by atoms with van der Waals surface area (Å²) in [7, 11) is 0. The molecule has 0 bridgehead atoms. The first kappa shape index (κ1) is 12.7. The molecule has 3 aromatic rings. The molecule has 0 aliphatic rings. The van der Waals surface area contributed by atoms with Gasteiger partial charge in [-0.2, -0.15) is 0 Å². The Balaban J connectivity index is 1.94. The summed E-state index contributed by atoms with van der Waals surface area (Å²) in [6, 6.07) is 16.1. The van der Waals surface area contributed by atoms with E-state index in [9.17, 15) is 4.79 Å². The van der Waals surface area contributed by atoms with Gasteiger partial charge < -0.3 is 4.57 Å². The van der Waals surface area contributed by atoms with Crippen molar-refractivity contribution in [2.24, 2.45) is 0 Å². The number of aryl methyl sites for hydroxylation is 2. The first-order valence-corrected chi connectivity index (χ1v) is 6.79. The second-order valence-corrected chi connectivity index (χ2v) is 5.24. The van der Waals surface area contributed by atoms with Gasteiger partial charge in [-0.3, -0.25) is 4.79 Å². The Morgan fingerprint density at radius 2 is 1.85 bits per heavy atom. The van der Waals surface area contributed by atoms with Crippen LogP contribution in [0.15, 0.2) is 54.7 Å². The van der Waals surface area contributed by atoms with Crippen molar-refractivity contribution in [3.05, 3.63) is 71.4 Å². The molecule has 2 aromatic carbocycles. The molecule has 1 heterocycles. The van der Waals surface area contributed by atoms with Crippen LogP contribution in [0.1, 0.15) is 21.5 Å². The molecule has 3 rings (SSSR count). The fourth-order valence-corrected chi connectivity index (χ4v) is 2.58. The van der Waals surface area contributed by atoms with Crippen molar-refractivity contribution in [3.8, 4) is 0 Å². The molecule has 100 valence electrons. The van der Waals surface area contributed by atoms with Crippen LogP contribution in [0, 0.1) is 13.8 Å². The number of aromatic nitrogens is 1. The monoisotopic (exact) mass is 263 g/mol. The van der Waals surface area contributed by atoms with E-state index in [1.54, 1.807) is 0 Å². The van der Waals surface area contributed by atoms with Gasteiger partial charge in [0, 0.05) is 17.3 Å². The minimum atomic E-state index is 0.154. The van der Waals surface area contributed by atoms with Crippen molar-refractivity contribution in [1.82, 2.24) is 4.57 Å². The zero-order valence-corrected chi connectivity index (χ0v) is 11.8. The van der Waals surface area contributed by atoms with E-state index < -0.39 is 0 Å². The molecule has 1 aromatic heterocycles. The van der Waals surface area contributed by atoms with Gasteiger partial charge in [0.25, 0.3) is 0 Å². The van der Waals surface area contributed by atoms with Crippen molar-refractivity contribution < 1.29 is 4.79 Å². The van der Waals surface area contributed by atoms with Crippen molar-refractivity contribution in [3.63, 3.8) is 0 Å². The summed E-state index contributed by atoms with van der Waals surface area (Å²) in [6.07, 6.45) is 1.99. The molecule has 0 unspecified atom stereocenters. The zero-order chi connectivity index (χ0) is 14.1. The molecule has 2 nitrogen and oxygen atoms in total. The van der Waals surface area contributed by atoms with Crippen LogP contribution in [0.25, 0.3) is 10.9 Å². The van der Waals surface area contributed by atoms with Gasteiger partial charge in [-0.1, -0.05) is 35.9 Å². The lowest BCUT2D eigenvalue weighted by Gasteiger charge is -2.07. The summed E-state index contributed by atoms with van der Waals surface area (Å²) in [6.45, 7) is 4.44. The molecule has 0 saturated heterocycles. The number of ketones is 1. The van der Waals surface area contributed by atoms with Gasteiger partial charge in [0.2, 0.25) is 0 Å². The van der Waals surface area contributed by atoms with Crippen molar-refractivity contribution in [2.75, 3.05) is 0 Å². The Bertz CT molecular complexity index is 783. The molecular weight excluding hydrogens is 246 g/mol. The third-order valence-electron chi connectivity index (χ3n) is 3.69. The third-order valence-corrected chi connectivity index (χ3v) is 3.69. The largest absolute Gasteiger partial charge is 0.340 e. The lowest BCUT2D eigenvalue weighted by Crippen LogP contribution is -2.10. The quantitative estimate of drug-likeness (QED) is 0.651.